The van der Waals surface area contributed by atoms with Crippen molar-refractivity contribution >= 4 is 54.3 Å². The Balaban J connectivity index is 0.000000154. The molecular weight excluding hydrogens is 488 g/mol. The molecule has 0 aliphatic carbocycles. The normalized spacial score (nSPS) is 10.6. The second-order valence-corrected chi connectivity index (χ2v) is 11.3. The van der Waals surface area contributed by atoms with E-state index in [2.05, 4.69) is 0 Å². The van der Waals surface area contributed by atoms with Gasteiger partial charge in [-0.15, -0.1) is 11.3 Å². The Morgan fingerprint density at radius 3 is 1.97 bits per heavy atom. The van der Waals surface area contributed by atoms with Gasteiger partial charge in [0, 0.05) is 28.5 Å². The SMILES string of the molecule is CC(=O)Cc1cccs1.CC(=O)c1ccc2ccccc2c1.CS(=O)(=O)c1cccc2ccccc12. The van der Waals surface area contributed by atoms with Crippen LogP contribution in [0.4, 0.5) is 0 Å². The van der Waals surface area contributed by atoms with E-state index in [-0.39, 0.29) is 11.6 Å². The third kappa shape index (κ3) is 7.70. The van der Waals surface area contributed by atoms with E-state index in [1.54, 1.807) is 37.3 Å². The Morgan fingerprint density at radius 2 is 1.36 bits per heavy atom. The lowest BCUT2D eigenvalue weighted by Gasteiger charge is -2.03. The molecule has 0 atom stereocenters. The van der Waals surface area contributed by atoms with Crippen molar-refractivity contribution in [2.75, 3.05) is 6.26 Å². The minimum absolute atomic E-state index is 0.116. The van der Waals surface area contributed by atoms with Gasteiger partial charge in [-0.25, -0.2) is 8.42 Å². The summed E-state index contributed by atoms with van der Waals surface area (Å²) in [6.07, 6.45) is 1.83. The van der Waals surface area contributed by atoms with Crippen LogP contribution in [0.2, 0.25) is 0 Å². The van der Waals surface area contributed by atoms with E-state index in [1.165, 1.54) is 11.6 Å². The van der Waals surface area contributed by atoms with E-state index in [0.717, 1.165) is 26.6 Å². The van der Waals surface area contributed by atoms with Crippen molar-refractivity contribution in [2.24, 2.45) is 0 Å². The van der Waals surface area contributed by atoms with Crippen LogP contribution in [0, 0.1) is 0 Å². The highest BCUT2D eigenvalue weighted by molar-refractivity contribution is 7.91. The van der Waals surface area contributed by atoms with Gasteiger partial charge in [-0.2, -0.15) is 0 Å². The zero-order valence-corrected chi connectivity index (χ0v) is 22.1. The highest BCUT2D eigenvalue weighted by atomic mass is 32.2. The van der Waals surface area contributed by atoms with Crippen LogP contribution in [-0.4, -0.2) is 26.2 Å². The smallest absolute Gasteiger partial charge is 0.176 e. The van der Waals surface area contributed by atoms with E-state index in [9.17, 15) is 18.0 Å². The van der Waals surface area contributed by atoms with Crippen molar-refractivity contribution in [3.63, 3.8) is 0 Å². The number of fused-ring (bicyclic) bond motifs is 2. The lowest BCUT2D eigenvalue weighted by atomic mass is 10.1. The standard InChI is InChI=1S/C12H10O.C11H10O2S.C7H8OS/c1-9(13)11-7-6-10-4-2-3-5-12(10)8-11;1-14(12,13)11-8-4-6-9-5-2-3-7-10(9)11;1-6(8)5-7-3-2-4-9-7/h2-8H,1H3;2-8H,1H3;2-4H,5H2,1H3. The number of carbonyl (C=O) groups is 2. The van der Waals surface area contributed by atoms with Crippen LogP contribution in [0.1, 0.15) is 29.1 Å². The van der Waals surface area contributed by atoms with Gasteiger partial charge >= 0.3 is 0 Å². The van der Waals surface area contributed by atoms with Crippen LogP contribution in [0.15, 0.2) is 107 Å². The van der Waals surface area contributed by atoms with E-state index < -0.39 is 9.84 Å². The first-order valence-electron chi connectivity index (χ1n) is 11.3. The minimum Gasteiger partial charge on any atom is -0.300 e. The summed E-state index contributed by atoms with van der Waals surface area (Å²) in [6, 6.07) is 30.5. The summed E-state index contributed by atoms with van der Waals surface area (Å²) in [4.78, 5) is 23.2. The monoisotopic (exact) mass is 516 g/mol. The van der Waals surface area contributed by atoms with Gasteiger partial charge in [0.25, 0.3) is 0 Å². The first-order chi connectivity index (χ1) is 17.1. The number of Topliss-reactive ketones (excluding diaryl/α,β-unsaturated/α-hetero) is 2. The fourth-order valence-electron chi connectivity index (χ4n) is 3.59. The van der Waals surface area contributed by atoms with Crippen molar-refractivity contribution in [3.05, 3.63) is 113 Å². The summed E-state index contributed by atoms with van der Waals surface area (Å²) in [7, 11) is -3.13. The Morgan fingerprint density at radius 1 is 0.722 bits per heavy atom. The molecule has 1 heterocycles. The molecule has 0 spiro atoms. The third-order valence-corrected chi connectivity index (χ3v) is 7.34. The van der Waals surface area contributed by atoms with Crippen LogP contribution < -0.4 is 0 Å². The number of benzene rings is 4. The summed E-state index contributed by atoms with van der Waals surface area (Å²) in [6.45, 7) is 3.20. The Bertz CT molecular complexity index is 1580. The molecule has 0 radical (unpaired) electrons. The van der Waals surface area contributed by atoms with Gasteiger partial charge in [0.05, 0.1) is 4.90 Å². The first kappa shape index (κ1) is 27.0. The number of hydrogen-bond acceptors (Lipinski definition) is 5. The van der Waals surface area contributed by atoms with Crippen molar-refractivity contribution in [1.82, 2.24) is 0 Å². The van der Waals surface area contributed by atoms with Gasteiger partial charge in [-0.3, -0.25) is 9.59 Å². The second-order valence-electron chi connectivity index (χ2n) is 8.33. The van der Waals surface area contributed by atoms with Crippen LogP contribution in [-0.2, 0) is 21.1 Å². The molecule has 0 unspecified atom stereocenters. The zero-order chi connectivity index (χ0) is 26.1. The highest BCUT2D eigenvalue weighted by Gasteiger charge is 2.10. The topological polar surface area (TPSA) is 68.3 Å². The van der Waals surface area contributed by atoms with Crippen LogP contribution >= 0.6 is 11.3 Å². The Kier molecular flexibility index (Phi) is 9.28. The minimum atomic E-state index is -3.13. The van der Waals surface area contributed by atoms with Crippen molar-refractivity contribution in [1.29, 1.82) is 0 Å². The molecule has 4 nitrogen and oxygen atoms in total. The maximum atomic E-state index is 11.4. The fraction of sp³-hybridized carbons (Fsp3) is 0.133. The molecule has 0 aliphatic heterocycles. The number of carbonyl (C=O) groups excluding carboxylic acids is 2. The van der Waals surface area contributed by atoms with Crippen LogP contribution in [0.3, 0.4) is 0 Å². The van der Waals surface area contributed by atoms with Gasteiger partial charge in [0.1, 0.15) is 5.78 Å². The predicted octanol–water partition coefficient (Wildman–Crippen LogP) is 7.17. The number of hydrogen-bond donors (Lipinski definition) is 0. The quantitative estimate of drug-likeness (QED) is 0.238. The van der Waals surface area contributed by atoms with Gasteiger partial charge in [-0.05, 0) is 53.6 Å². The van der Waals surface area contributed by atoms with Gasteiger partial charge in [-0.1, -0.05) is 78.9 Å². The highest BCUT2D eigenvalue weighted by Crippen LogP contribution is 2.22. The lowest BCUT2D eigenvalue weighted by molar-refractivity contribution is -0.116. The summed E-state index contributed by atoms with van der Waals surface area (Å²) in [5.74, 6) is 0.350. The lowest BCUT2D eigenvalue weighted by Crippen LogP contribution is -1.97. The average molecular weight is 517 g/mol. The maximum Gasteiger partial charge on any atom is 0.176 e. The molecule has 0 bridgehead atoms. The second kappa shape index (κ2) is 12.4. The summed E-state index contributed by atoms with van der Waals surface area (Å²) < 4.78 is 22.9. The van der Waals surface area contributed by atoms with E-state index in [0.29, 0.717) is 11.3 Å². The molecule has 5 rings (SSSR count). The van der Waals surface area contributed by atoms with E-state index in [4.69, 9.17) is 0 Å². The summed E-state index contributed by atoms with van der Waals surface area (Å²) >= 11 is 1.63. The fourth-order valence-corrected chi connectivity index (χ4v) is 5.27. The molecule has 6 heteroatoms. The van der Waals surface area contributed by atoms with Gasteiger partial charge < -0.3 is 0 Å². The summed E-state index contributed by atoms with van der Waals surface area (Å²) in [5.41, 5.74) is 0.777. The largest absolute Gasteiger partial charge is 0.300 e. The molecule has 184 valence electrons. The molecule has 1 aromatic heterocycles. The van der Waals surface area contributed by atoms with E-state index >= 15 is 0 Å². The molecule has 0 aliphatic rings. The maximum absolute atomic E-state index is 11.4. The zero-order valence-electron chi connectivity index (χ0n) is 20.5. The molecule has 0 saturated heterocycles. The Hall–Kier alpha value is -3.61. The number of rotatable bonds is 4. The molecule has 0 N–H and O–H groups in total. The van der Waals surface area contributed by atoms with E-state index in [1.807, 2.05) is 90.3 Å². The number of ketones is 2. The molecule has 0 saturated carbocycles. The first-order valence-corrected chi connectivity index (χ1v) is 14.1. The van der Waals surface area contributed by atoms with Crippen LogP contribution in [0.5, 0.6) is 0 Å². The van der Waals surface area contributed by atoms with Gasteiger partial charge in [0.2, 0.25) is 0 Å². The molecule has 0 fully saturated rings. The van der Waals surface area contributed by atoms with Crippen molar-refractivity contribution < 1.29 is 18.0 Å². The number of thiophene rings is 1. The average Bonchev–Trinajstić information content (AvgIpc) is 3.36. The summed E-state index contributed by atoms with van der Waals surface area (Å²) in [5, 5.41) is 6.02. The third-order valence-electron chi connectivity index (χ3n) is 5.31. The predicted molar refractivity (Wildman–Crippen MR) is 150 cm³/mol. The molecule has 0 amide bonds. The number of sulfone groups is 1. The molecule has 4 aromatic carbocycles. The molecular formula is C30H28O4S2. The van der Waals surface area contributed by atoms with Crippen LogP contribution in [0.25, 0.3) is 21.5 Å². The van der Waals surface area contributed by atoms with Crippen molar-refractivity contribution in [3.8, 4) is 0 Å². The molecule has 5 aromatic rings. The Labute approximate surface area is 216 Å². The van der Waals surface area contributed by atoms with Crippen molar-refractivity contribution in [2.45, 2.75) is 25.2 Å². The van der Waals surface area contributed by atoms with Gasteiger partial charge in [0.15, 0.2) is 15.6 Å². The molecule has 36 heavy (non-hydrogen) atoms.